The van der Waals surface area contributed by atoms with E-state index in [0.29, 0.717) is 5.69 Å². The molecule has 3 aromatic carbocycles. The second-order valence-corrected chi connectivity index (χ2v) is 6.69. The number of fused-ring (bicyclic) bond motifs is 1. The molecule has 6 heteroatoms. The van der Waals surface area contributed by atoms with Gasteiger partial charge >= 0.3 is 12.1 Å². The van der Waals surface area contributed by atoms with Crippen LogP contribution in [0.2, 0.25) is 0 Å². The van der Waals surface area contributed by atoms with E-state index in [1.54, 1.807) is 6.20 Å². The topological polar surface area (TPSA) is 39.2 Å². The Morgan fingerprint density at radius 1 is 0.867 bits per heavy atom. The molecule has 1 aromatic heterocycles. The van der Waals surface area contributed by atoms with Gasteiger partial charge in [0.2, 0.25) is 0 Å². The molecule has 0 N–H and O–H groups in total. The van der Waals surface area contributed by atoms with Crippen LogP contribution in [0.15, 0.2) is 85.1 Å². The summed E-state index contributed by atoms with van der Waals surface area (Å²) in [6, 6.07) is 21.1. The van der Waals surface area contributed by atoms with Crippen LogP contribution < -0.4 is 0 Å². The predicted octanol–water partition coefficient (Wildman–Crippen LogP) is 6.28. The summed E-state index contributed by atoms with van der Waals surface area (Å²) < 4.78 is 43.6. The number of hydrogen-bond acceptors (Lipinski definition) is 3. The number of halogens is 3. The summed E-state index contributed by atoms with van der Waals surface area (Å²) >= 11 is 0. The average molecular weight is 407 g/mol. The number of carbonyl (C=O) groups is 1. The van der Waals surface area contributed by atoms with Crippen LogP contribution in [0.1, 0.15) is 21.5 Å². The molecular formula is C24H16F3NO2. The van der Waals surface area contributed by atoms with Crippen LogP contribution in [0.5, 0.6) is 0 Å². The number of aromatic nitrogens is 1. The lowest BCUT2D eigenvalue weighted by atomic mass is 10.0. The number of ether oxygens (including phenoxy) is 1. The van der Waals surface area contributed by atoms with Gasteiger partial charge in [-0.3, -0.25) is 4.98 Å². The molecule has 150 valence electrons. The maximum atomic E-state index is 12.7. The van der Waals surface area contributed by atoms with Gasteiger partial charge in [-0.2, -0.15) is 13.2 Å². The minimum Gasteiger partial charge on any atom is -0.457 e. The highest BCUT2D eigenvalue weighted by Gasteiger charge is 2.30. The zero-order chi connectivity index (χ0) is 21.1. The molecule has 1 heterocycles. The molecule has 0 amide bonds. The third-order valence-electron chi connectivity index (χ3n) is 4.75. The van der Waals surface area contributed by atoms with Crippen molar-refractivity contribution < 1.29 is 22.7 Å². The van der Waals surface area contributed by atoms with E-state index in [2.05, 4.69) is 4.98 Å². The first kappa shape index (κ1) is 19.6. The second kappa shape index (κ2) is 7.99. The highest BCUT2D eigenvalue weighted by atomic mass is 19.4. The molecule has 4 aromatic rings. The molecule has 0 unspecified atom stereocenters. The maximum absolute atomic E-state index is 12.7. The van der Waals surface area contributed by atoms with Crippen molar-refractivity contribution in [2.45, 2.75) is 12.8 Å². The van der Waals surface area contributed by atoms with Crippen molar-refractivity contribution in [3.63, 3.8) is 0 Å². The zero-order valence-corrected chi connectivity index (χ0v) is 15.7. The molecule has 0 saturated carbocycles. The van der Waals surface area contributed by atoms with E-state index in [9.17, 15) is 18.0 Å². The lowest BCUT2D eigenvalue weighted by molar-refractivity contribution is -0.137. The van der Waals surface area contributed by atoms with Gasteiger partial charge < -0.3 is 4.74 Å². The molecule has 0 radical (unpaired) electrons. The fraction of sp³-hybridized carbons (Fsp3) is 0.0833. The van der Waals surface area contributed by atoms with E-state index in [0.717, 1.165) is 46.2 Å². The lowest BCUT2D eigenvalue weighted by Gasteiger charge is -2.13. The highest BCUT2D eigenvalue weighted by molar-refractivity contribution is 5.91. The van der Waals surface area contributed by atoms with Crippen LogP contribution in [0, 0.1) is 0 Å². The molecule has 0 bridgehead atoms. The first-order chi connectivity index (χ1) is 14.4. The summed E-state index contributed by atoms with van der Waals surface area (Å²) in [5.41, 5.74) is 1.54. The normalized spacial score (nSPS) is 11.4. The number of rotatable bonds is 4. The summed E-state index contributed by atoms with van der Waals surface area (Å²) in [6.45, 7) is -0.0571. The van der Waals surface area contributed by atoms with Crippen molar-refractivity contribution in [3.8, 4) is 11.3 Å². The van der Waals surface area contributed by atoms with Gasteiger partial charge in [-0.1, -0.05) is 54.6 Å². The molecule has 0 saturated heterocycles. The highest BCUT2D eigenvalue weighted by Crippen LogP contribution is 2.30. The number of carbonyl (C=O) groups excluding carboxylic acids is 1. The number of hydrogen-bond donors (Lipinski definition) is 0. The van der Waals surface area contributed by atoms with Crippen molar-refractivity contribution in [1.29, 1.82) is 0 Å². The second-order valence-electron chi connectivity index (χ2n) is 6.69. The molecule has 3 nitrogen and oxygen atoms in total. The molecule has 0 aliphatic carbocycles. The number of alkyl halides is 3. The molecular weight excluding hydrogens is 391 g/mol. The van der Waals surface area contributed by atoms with Crippen molar-refractivity contribution in [3.05, 3.63) is 102 Å². The monoisotopic (exact) mass is 407 g/mol. The fourth-order valence-corrected chi connectivity index (χ4v) is 3.23. The molecule has 0 aliphatic heterocycles. The van der Waals surface area contributed by atoms with Crippen molar-refractivity contribution in [2.24, 2.45) is 0 Å². The van der Waals surface area contributed by atoms with Crippen LogP contribution in [0.3, 0.4) is 0 Å². The Hall–Kier alpha value is -3.67. The van der Waals surface area contributed by atoms with Crippen LogP contribution in [0.4, 0.5) is 13.2 Å². The summed E-state index contributed by atoms with van der Waals surface area (Å²) in [5, 5.41) is 1.80. The molecule has 4 rings (SSSR count). The summed E-state index contributed by atoms with van der Waals surface area (Å²) in [5.74, 6) is -0.698. The van der Waals surface area contributed by atoms with Gasteiger partial charge in [0.05, 0.1) is 16.8 Å². The molecule has 0 spiro atoms. The van der Waals surface area contributed by atoms with Gasteiger partial charge in [0.1, 0.15) is 6.61 Å². The third kappa shape index (κ3) is 4.03. The number of pyridine rings is 1. The van der Waals surface area contributed by atoms with Gasteiger partial charge in [0.15, 0.2) is 0 Å². The van der Waals surface area contributed by atoms with Crippen LogP contribution in [0.25, 0.3) is 22.0 Å². The van der Waals surface area contributed by atoms with E-state index in [1.807, 2.05) is 54.6 Å². The number of nitrogens with zero attached hydrogens (tertiary/aromatic N) is 1. The molecule has 0 aliphatic rings. The average Bonchev–Trinajstić information content (AvgIpc) is 2.77. The van der Waals surface area contributed by atoms with Crippen molar-refractivity contribution in [1.82, 2.24) is 4.98 Å². The Morgan fingerprint density at radius 3 is 2.23 bits per heavy atom. The van der Waals surface area contributed by atoms with Crippen LogP contribution in [-0.4, -0.2) is 11.0 Å². The molecule has 0 atom stereocenters. The smallest absolute Gasteiger partial charge is 0.416 e. The fourth-order valence-electron chi connectivity index (χ4n) is 3.23. The summed E-state index contributed by atoms with van der Waals surface area (Å²) in [4.78, 5) is 17.0. The zero-order valence-electron chi connectivity index (χ0n) is 15.7. The molecule has 0 fully saturated rings. The Balaban J connectivity index is 1.64. The maximum Gasteiger partial charge on any atom is 0.416 e. The van der Waals surface area contributed by atoms with E-state index in [1.165, 1.54) is 0 Å². The van der Waals surface area contributed by atoms with Crippen LogP contribution in [-0.2, 0) is 17.5 Å². The quantitative estimate of drug-likeness (QED) is 0.374. The van der Waals surface area contributed by atoms with E-state index in [4.69, 9.17) is 4.74 Å². The number of benzene rings is 3. The summed E-state index contributed by atoms with van der Waals surface area (Å²) in [6.07, 6.45) is -2.69. The van der Waals surface area contributed by atoms with E-state index < -0.39 is 17.7 Å². The first-order valence-corrected chi connectivity index (χ1v) is 9.20. The van der Waals surface area contributed by atoms with Crippen molar-refractivity contribution in [2.75, 3.05) is 0 Å². The Labute approximate surface area is 170 Å². The first-order valence-electron chi connectivity index (χ1n) is 9.20. The van der Waals surface area contributed by atoms with Crippen LogP contribution >= 0.6 is 0 Å². The standard InChI is InChI=1S/C24H16F3NO2/c25-24(26,27)19-12-10-17(11-13-19)23(29)30-15-21-20-9-5-4-8-18(20)14-28-22(21)16-6-2-1-3-7-16/h1-14H,15H2. The summed E-state index contributed by atoms with van der Waals surface area (Å²) in [7, 11) is 0. The van der Waals surface area contributed by atoms with E-state index in [-0.39, 0.29) is 12.2 Å². The van der Waals surface area contributed by atoms with Crippen molar-refractivity contribution >= 4 is 16.7 Å². The van der Waals surface area contributed by atoms with Gasteiger partial charge in [-0.25, -0.2) is 4.79 Å². The van der Waals surface area contributed by atoms with E-state index >= 15 is 0 Å². The van der Waals surface area contributed by atoms with Gasteiger partial charge in [-0.15, -0.1) is 0 Å². The minimum atomic E-state index is -4.46. The number of esters is 1. The van der Waals surface area contributed by atoms with Gasteiger partial charge in [0.25, 0.3) is 0 Å². The Kier molecular flexibility index (Phi) is 5.23. The minimum absolute atomic E-state index is 0.0532. The van der Waals surface area contributed by atoms with Gasteiger partial charge in [-0.05, 0) is 29.7 Å². The lowest BCUT2D eigenvalue weighted by Crippen LogP contribution is -2.09. The SMILES string of the molecule is O=C(OCc1c(-c2ccccc2)ncc2ccccc12)c1ccc(C(F)(F)F)cc1. The third-order valence-corrected chi connectivity index (χ3v) is 4.75. The largest absolute Gasteiger partial charge is 0.457 e. The van der Waals surface area contributed by atoms with Gasteiger partial charge in [0, 0.05) is 22.7 Å². The Bertz CT molecular complexity index is 1190. The predicted molar refractivity (Wildman–Crippen MR) is 108 cm³/mol. The molecule has 30 heavy (non-hydrogen) atoms. The Morgan fingerprint density at radius 2 is 1.53 bits per heavy atom.